The summed E-state index contributed by atoms with van der Waals surface area (Å²) in [5, 5.41) is 10.5. The van der Waals surface area contributed by atoms with Crippen LogP contribution >= 0.6 is 0 Å². The fourth-order valence-corrected chi connectivity index (χ4v) is 3.22. The van der Waals surface area contributed by atoms with Crippen LogP contribution in [0.15, 0.2) is 0 Å². The van der Waals surface area contributed by atoms with Gasteiger partial charge in [-0.15, -0.1) is 0 Å². The summed E-state index contributed by atoms with van der Waals surface area (Å²) in [6.45, 7) is 2.23. The molecule has 0 bridgehead atoms. The van der Waals surface area contributed by atoms with Crippen LogP contribution in [0.4, 0.5) is 0 Å². The van der Waals surface area contributed by atoms with Crippen molar-refractivity contribution in [2.45, 2.75) is 57.5 Å². The van der Waals surface area contributed by atoms with Gasteiger partial charge in [-0.05, 0) is 37.5 Å². The van der Waals surface area contributed by atoms with Gasteiger partial charge in [-0.25, -0.2) is 0 Å². The number of aliphatic hydroxyl groups is 1. The van der Waals surface area contributed by atoms with Crippen molar-refractivity contribution in [3.63, 3.8) is 0 Å². The average molecular weight is 168 g/mol. The van der Waals surface area contributed by atoms with E-state index in [2.05, 4.69) is 6.92 Å². The monoisotopic (exact) mass is 168 g/mol. The summed E-state index contributed by atoms with van der Waals surface area (Å²) in [4.78, 5) is 0. The highest BCUT2D eigenvalue weighted by atomic mass is 16.3. The Morgan fingerprint density at radius 2 is 1.83 bits per heavy atom. The second kappa shape index (κ2) is 3.02. The summed E-state index contributed by atoms with van der Waals surface area (Å²) in [5.74, 6) is 1.19. The molecule has 0 saturated heterocycles. The smallest absolute Gasteiger partial charge is 0.0701 e. The van der Waals surface area contributed by atoms with E-state index in [1.165, 1.54) is 38.5 Å². The van der Waals surface area contributed by atoms with E-state index in [0.29, 0.717) is 11.8 Å². The summed E-state index contributed by atoms with van der Waals surface area (Å²) in [5.41, 5.74) is -0.267. The Balaban J connectivity index is 2.14. The number of hydrogen-bond donors (Lipinski definition) is 1. The molecule has 0 unspecified atom stereocenters. The van der Waals surface area contributed by atoms with Crippen molar-refractivity contribution >= 4 is 0 Å². The first-order chi connectivity index (χ1) is 5.73. The zero-order valence-electron chi connectivity index (χ0n) is 8.05. The molecule has 1 heteroatoms. The van der Waals surface area contributed by atoms with Crippen LogP contribution in [0.1, 0.15) is 51.9 Å². The van der Waals surface area contributed by atoms with Crippen LogP contribution in [0.2, 0.25) is 0 Å². The molecule has 0 heterocycles. The highest BCUT2D eigenvalue weighted by Gasteiger charge is 2.44. The molecule has 0 aromatic rings. The van der Waals surface area contributed by atoms with Gasteiger partial charge >= 0.3 is 0 Å². The molecule has 2 aliphatic carbocycles. The minimum Gasteiger partial charge on any atom is -0.389 e. The van der Waals surface area contributed by atoms with Crippen LogP contribution in [0.25, 0.3) is 0 Å². The van der Waals surface area contributed by atoms with Gasteiger partial charge < -0.3 is 5.11 Å². The molecule has 70 valence electrons. The van der Waals surface area contributed by atoms with E-state index in [1.54, 1.807) is 0 Å². The quantitative estimate of drug-likeness (QED) is 0.589. The standard InChI is InChI=1S/C11H20O/c1-9-5-4-7-10-6-2-3-8-11(9,10)12/h9-10,12H,2-8H2,1H3/t9-,10+,11+/m1/s1. The summed E-state index contributed by atoms with van der Waals surface area (Å²) in [7, 11) is 0. The van der Waals surface area contributed by atoms with Crippen molar-refractivity contribution in [3.8, 4) is 0 Å². The van der Waals surface area contributed by atoms with Crippen molar-refractivity contribution in [2.75, 3.05) is 0 Å². The Morgan fingerprint density at radius 1 is 1.08 bits per heavy atom. The maximum Gasteiger partial charge on any atom is 0.0701 e. The molecule has 0 spiro atoms. The van der Waals surface area contributed by atoms with Crippen LogP contribution in [0.3, 0.4) is 0 Å². The highest BCUT2D eigenvalue weighted by Crippen LogP contribution is 2.46. The maximum atomic E-state index is 10.5. The normalized spacial score (nSPS) is 48.5. The van der Waals surface area contributed by atoms with Crippen LogP contribution in [-0.4, -0.2) is 10.7 Å². The maximum absolute atomic E-state index is 10.5. The van der Waals surface area contributed by atoms with Gasteiger partial charge in [-0.1, -0.05) is 26.2 Å². The Kier molecular flexibility index (Phi) is 2.16. The zero-order valence-corrected chi connectivity index (χ0v) is 8.05. The largest absolute Gasteiger partial charge is 0.389 e. The first-order valence-corrected chi connectivity index (χ1v) is 5.46. The number of fused-ring (bicyclic) bond motifs is 1. The lowest BCUT2D eigenvalue weighted by atomic mass is 9.63. The Bertz CT molecular complexity index is 164. The zero-order chi connectivity index (χ0) is 8.60. The predicted molar refractivity (Wildman–Crippen MR) is 49.9 cm³/mol. The molecule has 2 fully saturated rings. The minimum absolute atomic E-state index is 0.267. The Morgan fingerprint density at radius 3 is 2.58 bits per heavy atom. The summed E-state index contributed by atoms with van der Waals surface area (Å²) >= 11 is 0. The molecular formula is C11H20O. The second-order valence-electron chi connectivity index (χ2n) is 4.77. The van der Waals surface area contributed by atoms with Gasteiger partial charge in [0.2, 0.25) is 0 Å². The fourth-order valence-electron chi connectivity index (χ4n) is 3.22. The molecule has 3 atom stereocenters. The van der Waals surface area contributed by atoms with Crippen molar-refractivity contribution in [1.29, 1.82) is 0 Å². The van der Waals surface area contributed by atoms with E-state index >= 15 is 0 Å². The first-order valence-electron chi connectivity index (χ1n) is 5.46. The Labute approximate surface area is 75.2 Å². The predicted octanol–water partition coefficient (Wildman–Crippen LogP) is 2.73. The van der Waals surface area contributed by atoms with Crippen molar-refractivity contribution in [3.05, 3.63) is 0 Å². The van der Waals surface area contributed by atoms with Gasteiger partial charge in [-0.3, -0.25) is 0 Å². The molecule has 1 nitrogen and oxygen atoms in total. The second-order valence-corrected chi connectivity index (χ2v) is 4.77. The van der Waals surface area contributed by atoms with Gasteiger partial charge in [0.1, 0.15) is 0 Å². The summed E-state index contributed by atoms with van der Waals surface area (Å²) in [6, 6.07) is 0. The lowest BCUT2D eigenvalue weighted by molar-refractivity contribution is -0.112. The van der Waals surface area contributed by atoms with Crippen molar-refractivity contribution in [1.82, 2.24) is 0 Å². The molecule has 2 aliphatic rings. The third kappa shape index (κ3) is 1.19. The third-order valence-electron chi connectivity index (χ3n) is 4.13. The molecule has 0 aromatic carbocycles. The molecule has 12 heavy (non-hydrogen) atoms. The number of rotatable bonds is 0. The SMILES string of the molecule is C[C@@H]1CCC[C@@H]2CCCC[C@@]21O. The molecule has 2 rings (SSSR count). The average Bonchev–Trinajstić information content (AvgIpc) is 2.07. The molecule has 0 aromatic heterocycles. The molecule has 2 saturated carbocycles. The topological polar surface area (TPSA) is 20.2 Å². The van der Waals surface area contributed by atoms with E-state index in [0.717, 1.165) is 6.42 Å². The van der Waals surface area contributed by atoms with E-state index in [4.69, 9.17) is 0 Å². The summed E-state index contributed by atoms with van der Waals surface area (Å²) < 4.78 is 0. The molecule has 0 radical (unpaired) electrons. The van der Waals surface area contributed by atoms with Gasteiger partial charge in [0.05, 0.1) is 5.60 Å². The van der Waals surface area contributed by atoms with Crippen LogP contribution in [0.5, 0.6) is 0 Å². The van der Waals surface area contributed by atoms with Gasteiger partial charge in [0.15, 0.2) is 0 Å². The third-order valence-corrected chi connectivity index (χ3v) is 4.13. The van der Waals surface area contributed by atoms with Gasteiger partial charge in [-0.2, -0.15) is 0 Å². The van der Waals surface area contributed by atoms with Crippen LogP contribution in [0, 0.1) is 11.8 Å². The lowest BCUT2D eigenvalue weighted by Gasteiger charge is -2.47. The molecule has 0 aliphatic heterocycles. The molecular weight excluding hydrogens is 148 g/mol. The first kappa shape index (κ1) is 8.55. The van der Waals surface area contributed by atoms with E-state index in [9.17, 15) is 5.11 Å². The fraction of sp³-hybridized carbons (Fsp3) is 1.00. The molecule has 0 amide bonds. The van der Waals surface area contributed by atoms with E-state index in [1.807, 2.05) is 0 Å². The van der Waals surface area contributed by atoms with Crippen LogP contribution < -0.4 is 0 Å². The summed E-state index contributed by atoms with van der Waals surface area (Å²) in [6.07, 6.45) is 8.80. The van der Waals surface area contributed by atoms with Crippen molar-refractivity contribution < 1.29 is 5.11 Å². The minimum atomic E-state index is -0.267. The van der Waals surface area contributed by atoms with Gasteiger partial charge in [0.25, 0.3) is 0 Å². The van der Waals surface area contributed by atoms with E-state index in [-0.39, 0.29) is 5.60 Å². The Hall–Kier alpha value is -0.0400. The van der Waals surface area contributed by atoms with Gasteiger partial charge in [0, 0.05) is 0 Å². The highest BCUT2D eigenvalue weighted by molar-refractivity contribution is 4.96. The lowest BCUT2D eigenvalue weighted by Crippen LogP contribution is -2.48. The van der Waals surface area contributed by atoms with Crippen LogP contribution in [-0.2, 0) is 0 Å². The number of hydrogen-bond acceptors (Lipinski definition) is 1. The van der Waals surface area contributed by atoms with Crippen molar-refractivity contribution in [2.24, 2.45) is 11.8 Å². The van der Waals surface area contributed by atoms with E-state index < -0.39 is 0 Å². The molecule has 1 N–H and O–H groups in total.